The van der Waals surface area contributed by atoms with E-state index >= 15 is 0 Å². The second-order valence-corrected chi connectivity index (χ2v) is 14.5. The highest BCUT2D eigenvalue weighted by Crippen LogP contribution is 2.41. The summed E-state index contributed by atoms with van der Waals surface area (Å²) in [4.78, 5) is 1.55. The van der Waals surface area contributed by atoms with E-state index in [4.69, 9.17) is 4.43 Å². The fraction of sp³-hybridized carbons (Fsp3) is 0.385. The number of benzene rings is 2. The minimum absolute atomic E-state index is 0.0559. The summed E-state index contributed by atoms with van der Waals surface area (Å²) in [6.45, 7) is 7.11. The van der Waals surface area contributed by atoms with Crippen molar-refractivity contribution < 1.29 is 4.43 Å². The zero-order chi connectivity index (χ0) is 20.3. The molecule has 0 spiro atoms. The minimum Gasteiger partial charge on any atom is -0.404 e. The van der Waals surface area contributed by atoms with Crippen molar-refractivity contribution >= 4 is 30.0 Å². The van der Waals surface area contributed by atoms with Crippen molar-refractivity contribution in [3.05, 3.63) is 83.1 Å². The maximum atomic E-state index is 7.32. The predicted molar refractivity (Wildman–Crippen MR) is 128 cm³/mol. The van der Waals surface area contributed by atoms with Gasteiger partial charge >= 0.3 is 0 Å². The number of hydrogen-bond acceptors (Lipinski definition) is 2. The molecular weight excluding hydrogens is 388 g/mol. The SMILES string of the molecule is CC(C)(C)[Si](OC1CCC(c2cccs2)CC1)(c1ccccc1)c1ccccc1. The molecule has 1 nitrogen and oxygen atoms in total. The average Bonchev–Trinajstić information content (AvgIpc) is 3.28. The van der Waals surface area contributed by atoms with Crippen molar-refractivity contribution in [2.24, 2.45) is 0 Å². The molecule has 4 rings (SSSR count). The van der Waals surface area contributed by atoms with E-state index in [-0.39, 0.29) is 5.04 Å². The van der Waals surface area contributed by atoms with Gasteiger partial charge < -0.3 is 4.43 Å². The van der Waals surface area contributed by atoms with Gasteiger partial charge in [-0.2, -0.15) is 0 Å². The minimum atomic E-state index is -2.42. The number of thiophene rings is 1. The molecule has 1 aliphatic carbocycles. The van der Waals surface area contributed by atoms with Gasteiger partial charge in [0.05, 0.1) is 0 Å². The number of hydrogen-bond donors (Lipinski definition) is 0. The second-order valence-electron chi connectivity index (χ2n) is 9.27. The van der Waals surface area contributed by atoms with Gasteiger partial charge in [-0.05, 0) is 58.5 Å². The van der Waals surface area contributed by atoms with E-state index in [1.807, 2.05) is 11.3 Å². The topological polar surface area (TPSA) is 9.23 Å². The van der Waals surface area contributed by atoms with E-state index in [1.54, 1.807) is 4.88 Å². The molecule has 0 atom stereocenters. The molecule has 1 aliphatic rings. The lowest BCUT2D eigenvalue weighted by atomic mass is 9.86. The van der Waals surface area contributed by atoms with Gasteiger partial charge in [0.15, 0.2) is 0 Å². The van der Waals surface area contributed by atoms with Crippen LogP contribution >= 0.6 is 11.3 Å². The third-order valence-electron chi connectivity index (χ3n) is 6.38. The highest BCUT2D eigenvalue weighted by atomic mass is 32.1. The molecule has 0 saturated heterocycles. The maximum Gasteiger partial charge on any atom is 0.261 e. The molecule has 1 aromatic heterocycles. The summed E-state index contributed by atoms with van der Waals surface area (Å²) in [5, 5.41) is 5.04. The summed E-state index contributed by atoms with van der Waals surface area (Å²) in [7, 11) is -2.42. The molecule has 29 heavy (non-hydrogen) atoms. The average molecular weight is 421 g/mol. The van der Waals surface area contributed by atoms with Crippen molar-refractivity contribution in [3.63, 3.8) is 0 Å². The Bertz CT molecular complexity index is 836. The van der Waals surface area contributed by atoms with Crippen LogP contribution in [-0.2, 0) is 4.43 Å². The van der Waals surface area contributed by atoms with Gasteiger partial charge in [-0.3, -0.25) is 0 Å². The van der Waals surface area contributed by atoms with E-state index in [0.717, 1.165) is 12.8 Å². The first-order valence-electron chi connectivity index (χ1n) is 10.8. The molecule has 3 heteroatoms. The van der Waals surface area contributed by atoms with Crippen molar-refractivity contribution in [2.75, 3.05) is 0 Å². The first-order valence-corrected chi connectivity index (χ1v) is 13.6. The van der Waals surface area contributed by atoms with E-state index in [2.05, 4.69) is 98.9 Å². The smallest absolute Gasteiger partial charge is 0.261 e. The highest BCUT2D eigenvalue weighted by molar-refractivity contribution is 7.10. The third-order valence-corrected chi connectivity index (χ3v) is 12.5. The van der Waals surface area contributed by atoms with Crippen molar-refractivity contribution in [3.8, 4) is 0 Å². The quantitative estimate of drug-likeness (QED) is 0.437. The van der Waals surface area contributed by atoms with Crippen LogP contribution in [-0.4, -0.2) is 14.4 Å². The summed E-state index contributed by atoms with van der Waals surface area (Å²) in [6.07, 6.45) is 5.14. The number of rotatable bonds is 5. The summed E-state index contributed by atoms with van der Waals surface area (Å²) in [6, 6.07) is 26.6. The molecule has 0 amide bonds. The molecule has 0 N–H and O–H groups in total. The molecule has 0 radical (unpaired) electrons. The van der Waals surface area contributed by atoms with E-state index in [9.17, 15) is 0 Å². The van der Waals surface area contributed by atoms with Crippen LogP contribution in [0.5, 0.6) is 0 Å². The zero-order valence-corrected chi connectivity index (χ0v) is 19.6. The van der Waals surface area contributed by atoms with E-state index in [1.165, 1.54) is 23.2 Å². The fourth-order valence-electron chi connectivity index (χ4n) is 4.93. The molecule has 152 valence electrons. The summed E-state index contributed by atoms with van der Waals surface area (Å²) in [5.41, 5.74) is 0. The fourth-order valence-corrected chi connectivity index (χ4v) is 10.6. The second kappa shape index (κ2) is 8.59. The van der Waals surface area contributed by atoms with Crippen molar-refractivity contribution in [2.45, 2.75) is 63.5 Å². The highest BCUT2D eigenvalue weighted by Gasteiger charge is 2.51. The Balaban J connectivity index is 1.66. The van der Waals surface area contributed by atoms with Crippen molar-refractivity contribution in [1.29, 1.82) is 0 Å². The predicted octanol–water partition coefficient (Wildman–Crippen LogP) is 6.35. The Hall–Kier alpha value is -1.68. The lowest BCUT2D eigenvalue weighted by Crippen LogP contribution is -2.67. The van der Waals surface area contributed by atoms with E-state index < -0.39 is 8.32 Å². The Labute approximate surface area is 180 Å². The molecule has 0 aliphatic heterocycles. The van der Waals surface area contributed by atoms with Gasteiger partial charge in [-0.15, -0.1) is 11.3 Å². The van der Waals surface area contributed by atoms with Gasteiger partial charge in [0.25, 0.3) is 8.32 Å². The first kappa shape index (κ1) is 20.6. The molecule has 0 bridgehead atoms. The van der Waals surface area contributed by atoms with E-state index in [0.29, 0.717) is 12.0 Å². The summed E-state index contributed by atoms with van der Waals surface area (Å²) < 4.78 is 7.32. The molecular formula is C26H32OSSi. The summed E-state index contributed by atoms with van der Waals surface area (Å²) in [5.74, 6) is 0.717. The maximum absolute atomic E-state index is 7.32. The van der Waals surface area contributed by atoms with Crippen LogP contribution < -0.4 is 10.4 Å². The molecule has 1 fully saturated rings. The van der Waals surface area contributed by atoms with Crippen molar-refractivity contribution in [1.82, 2.24) is 0 Å². The lowest BCUT2D eigenvalue weighted by Gasteiger charge is -2.46. The molecule has 0 unspecified atom stereocenters. The van der Waals surface area contributed by atoms with Gasteiger partial charge in [0.1, 0.15) is 0 Å². The molecule has 1 heterocycles. The normalized spacial score (nSPS) is 20.5. The first-order chi connectivity index (χ1) is 14.0. The molecule has 3 aromatic rings. The lowest BCUT2D eigenvalue weighted by molar-refractivity contribution is 0.136. The van der Waals surface area contributed by atoms with Crippen LogP contribution in [0.3, 0.4) is 0 Å². The monoisotopic (exact) mass is 420 g/mol. The molecule has 2 aromatic carbocycles. The Morgan fingerprint density at radius 2 is 1.31 bits per heavy atom. The third kappa shape index (κ3) is 4.14. The van der Waals surface area contributed by atoms with Crippen LogP contribution in [0.15, 0.2) is 78.2 Å². The standard InChI is InChI=1S/C26H32OSSi/c1-26(2,3)29(23-11-6-4-7-12-23,24-13-8-5-9-14-24)27-22-18-16-21(17-19-22)25-15-10-20-28-25/h4-15,20-22H,16-19H2,1-3H3. The Morgan fingerprint density at radius 1 is 0.759 bits per heavy atom. The van der Waals surface area contributed by atoms with Gasteiger partial charge in [-0.1, -0.05) is 87.5 Å². The molecule has 1 saturated carbocycles. The van der Waals surface area contributed by atoms with Gasteiger partial charge in [0.2, 0.25) is 0 Å². The van der Waals surface area contributed by atoms with Crippen LogP contribution in [0.1, 0.15) is 57.2 Å². The van der Waals surface area contributed by atoms with Crippen LogP contribution in [0.4, 0.5) is 0 Å². The Morgan fingerprint density at radius 3 is 1.76 bits per heavy atom. The van der Waals surface area contributed by atoms with Gasteiger partial charge in [0, 0.05) is 11.0 Å². The summed E-state index contributed by atoms with van der Waals surface area (Å²) >= 11 is 1.91. The van der Waals surface area contributed by atoms with Crippen LogP contribution in [0.25, 0.3) is 0 Å². The largest absolute Gasteiger partial charge is 0.404 e. The van der Waals surface area contributed by atoms with Gasteiger partial charge in [-0.25, -0.2) is 0 Å². The Kier molecular flexibility index (Phi) is 6.10. The zero-order valence-electron chi connectivity index (χ0n) is 17.8. The van der Waals surface area contributed by atoms with Crippen LogP contribution in [0.2, 0.25) is 5.04 Å². The van der Waals surface area contributed by atoms with Crippen LogP contribution in [0, 0.1) is 0 Å².